The number of nitrogens with one attached hydrogen (secondary N) is 2. The van der Waals surface area contributed by atoms with Gasteiger partial charge in [-0.3, -0.25) is 10.9 Å². The van der Waals surface area contributed by atoms with Crippen LogP contribution in [0.2, 0.25) is 0 Å². The molecule has 0 aliphatic carbocycles. The molecule has 0 atom stereocenters. The molecule has 0 spiro atoms. The highest BCUT2D eigenvalue weighted by molar-refractivity contribution is 4.26. The van der Waals surface area contributed by atoms with Crippen LogP contribution < -0.4 is 10.9 Å². The van der Waals surface area contributed by atoms with E-state index >= 15 is 0 Å². The monoisotopic (exact) mass is 116 g/mol. The highest BCUT2D eigenvalue weighted by Crippen LogP contribution is 1.44. The Balaban J connectivity index is 0. The molecule has 0 radical (unpaired) electrons. The van der Waals surface area contributed by atoms with Gasteiger partial charge in [-0.05, 0) is 0 Å². The standard InChI is InChI=1S/C4H12N2.C2H4/c1-3-5-6-4-2;1-2/h5-6H,3-4H2,1-2H3;1-2H2. The van der Waals surface area contributed by atoms with Crippen molar-refractivity contribution in [3.63, 3.8) is 0 Å². The lowest BCUT2D eigenvalue weighted by Gasteiger charge is -1.95. The molecule has 0 rings (SSSR count). The molecule has 0 bridgehead atoms. The van der Waals surface area contributed by atoms with E-state index in [1.807, 2.05) is 0 Å². The molecule has 8 heavy (non-hydrogen) atoms. The Hall–Kier alpha value is -0.340. The Labute approximate surface area is 52.0 Å². The summed E-state index contributed by atoms with van der Waals surface area (Å²) < 4.78 is 0. The molecule has 2 heteroatoms. The van der Waals surface area contributed by atoms with Gasteiger partial charge in [-0.25, -0.2) is 0 Å². The van der Waals surface area contributed by atoms with Gasteiger partial charge in [0, 0.05) is 13.1 Å². The van der Waals surface area contributed by atoms with Gasteiger partial charge in [0.2, 0.25) is 0 Å². The lowest BCUT2D eigenvalue weighted by atomic mass is 10.8. The Morgan fingerprint density at radius 1 is 1.00 bits per heavy atom. The summed E-state index contributed by atoms with van der Waals surface area (Å²) in [6.45, 7) is 12.1. The molecule has 0 amide bonds. The van der Waals surface area contributed by atoms with Gasteiger partial charge < -0.3 is 0 Å². The molecule has 0 saturated heterocycles. The third kappa shape index (κ3) is 17.4. The van der Waals surface area contributed by atoms with Crippen molar-refractivity contribution in [2.75, 3.05) is 13.1 Å². The molecule has 0 aliphatic rings. The lowest BCUT2D eigenvalue weighted by Crippen LogP contribution is -2.30. The zero-order chi connectivity index (χ0) is 6.83. The second-order valence-corrected chi connectivity index (χ2v) is 1.06. The fraction of sp³-hybridized carbons (Fsp3) is 0.667. The van der Waals surface area contributed by atoms with Crippen molar-refractivity contribution in [2.24, 2.45) is 0 Å². The minimum Gasteiger partial charge on any atom is -0.258 e. The summed E-state index contributed by atoms with van der Waals surface area (Å²) in [6.07, 6.45) is 0. The highest BCUT2D eigenvalue weighted by Gasteiger charge is 1.67. The molecule has 0 aromatic carbocycles. The van der Waals surface area contributed by atoms with Crippen LogP contribution in [0.1, 0.15) is 13.8 Å². The Morgan fingerprint density at radius 3 is 1.38 bits per heavy atom. The number of hydrogen-bond donors (Lipinski definition) is 2. The smallest absolute Gasteiger partial charge is 0.00713 e. The average molecular weight is 116 g/mol. The molecule has 0 aliphatic heterocycles. The molecule has 0 heterocycles. The third-order valence-electron chi connectivity index (χ3n) is 0.479. The van der Waals surface area contributed by atoms with E-state index in [1.54, 1.807) is 0 Å². The first-order chi connectivity index (χ1) is 3.91. The van der Waals surface area contributed by atoms with Crippen molar-refractivity contribution < 1.29 is 0 Å². The first-order valence-electron chi connectivity index (χ1n) is 2.87. The maximum absolute atomic E-state index is 3.00. The van der Waals surface area contributed by atoms with Crippen LogP contribution >= 0.6 is 0 Å². The van der Waals surface area contributed by atoms with Crippen LogP contribution in [0.3, 0.4) is 0 Å². The van der Waals surface area contributed by atoms with Crippen molar-refractivity contribution in [2.45, 2.75) is 13.8 Å². The summed E-state index contributed by atoms with van der Waals surface area (Å²) in [4.78, 5) is 0. The fourth-order valence-electron chi connectivity index (χ4n) is 0.250. The van der Waals surface area contributed by atoms with Crippen LogP contribution in [0.5, 0.6) is 0 Å². The van der Waals surface area contributed by atoms with E-state index < -0.39 is 0 Å². The van der Waals surface area contributed by atoms with Gasteiger partial charge in [-0.2, -0.15) is 0 Å². The van der Waals surface area contributed by atoms with E-state index in [0.29, 0.717) is 0 Å². The maximum atomic E-state index is 3.00. The van der Waals surface area contributed by atoms with E-state index in [1.165, 1.54) is 0 Å². The minimum absolute atomic E-state index is 0.994. The van der Waals surface area contributed by atoms with Crippen LogP contribution in [0.25, 0.3) is 0 Å². The van der Waals surface area contributed by atoms with Gasteiger partial charge in [0.1, 0.15) is 0 Å². The molecular weight excluding hydrogens is 100 g/mol. The summed E-state index contributed by atoms with van der Waals surface area (Å²) >= 11 is 0. The topological polar surface area (TPSA) is 24.1 Å². The third-order valence-corrected chi connectivity index (χ3v) is 0.479. The van der Waals surface area contributed by atoms with Crippen LogP contribution in [0.15, 0.2) is 13.2 Å². The average Bonchev–Trinajstić information content (AvgIpc) is 1.88. The van der Waals surface area contributed by atoms with Gasteiger partial charge in [-0.1, -0.05) is 13.8 Å². The van der Waals surface area contributed by atoms with E-state index in [4.69, 9.17) is 0 Å². The van der Waals surface area contributed by atoms with Crippen molar-refractivity contribution in [3.8, 4) is 0 Å². The lowest BCUT2D eigenvalue weighted by molar-refractivity contribution is 0.573. The van der Waals surface area contributed by atoms with Crippen molar-refractivity contribution >= 4 is 0 Å². The summed E-state index contributed by atoms with van der Waals surface area (Å²) in [7, 11) is 0. The van der Waals surface area contributed by atoms with Crippen molar-refractivity contribution in [3.05, 3.63) is 13.2 Å². The van der Waals surface area contributed by atoms with Crippen LogP contribution in [0.4, 0.5) is 0 Å². The van der Waals surface area contributed by atoms with Crippen LogP contribution in [0, 0.1) is 0 Å². The largest absolute Gasteiger partial charge is 0.258 e. The summed E-state index contributed by atoms with van der Waals surface area (Å²) in [5.41, 5.74) is 5.90. The summed E-state index contributed by atoms with van der Waals surface area (Å²) in [6, 6.07) is 0. The zero-order valence-electron chi connectivity index (χ0n) is 5.83. The van der Waals surface area contributed by atoms with Gasteiger partial charge in [0.25, 0.3) is 0 Å². The predicted octanol–water partition coefficient (Wildman–Crippen LogP) is 0.923. The molecule has 0 saturated carbocycles. The van der Waals surface area contributed by atoms with E-state index in [-0.39, 0.29) is 0 Å². The van der Waals surface area contributed by atoms with Crippen molar-refractivity contribution in [1.82, 2.24) is 10.9 Å². The Bertz CT molecular complexity index is 25.7. The SMILES string of the molecule is C=C.CCNNCC. The number of hydrogen-bond acceptors (Lipinski definition) is 2. The highest BCUT2D eigenvalue weighted by atomic mass is 15.3. The van der Waals surface area contributed by atoms with Gasteiger partial charge >= 0.3 is 0 Å². The number of rotatable bonds is 3. The Morgan fingerprint density at radius 2 is 1.25 bits per heavy atom. The Kier molecular flexibility index (Phi) is 21.1. The number of hydrazine groups is 1. The molecule has 0 aromatic heterocycles. The molecule has 0 fully saturated rings. The molecular formula is C6H16N2. The summed E-state index contributed by atoms with van der Waals surface area (Å²) in [5.74, 6) is 0. The summed E-state index contributed by atoms with van der Waals surface area (Å²) in [5, 5.41) is 0. The van der Waals surface area contributed by atoms with Gasteiger partial charge in [0.05, 0.1) is 0 Å². The first-order valence-corrected chi connectivity index (χ1v) is 2.87. The second-order valence-electron chi connectivity index (χ2n) is 1.06. The van der Waals surface area contributed by atoms with Crippen LogP contribution in [-0.2, 0) is 0 Å². The normalized spacial score (nSPS) is 7.25. The predicted molar refractivity (Wildman–Crippen MR) is 38.6 cm³/mol. The van der Waals surface area contributed by atoms with Gasteiger partial charge in [-0.15, -0.1) is 13.2 Å². The fourth-order valence-corrected chi connectivity index (χ4v) is 0.250. The molecule has 0 unspecified atom stereocenters. The molecule has 2 N–H and O–H groups in total. The molecule has 50 valence electrons. The molecule has 2 nitrogen and oxygen atoms in total. The molecule has 0 aromatic rings. The first kappa shape index (κ1) is 10.6. The minimum atomic E-state index is 0.994. The maximum Gasteiger partial charge on any atom is 0.00713 e. The quantitative estimate of drug-likeness (QED) is 0.325. The van der Waals surface area contributed by atoms with Gasteiger partial charge in [0.15, 0.2) is 0 Å². The van der Waals surface area contributed by atoms with E-state index in [0.717, 1.165) is 13.1 Å². The van der Waals surface area contributed by atoms with Crippen molar-refractivity contribution in [1.29, 1.82) is 0 Å². The van der Waals surface area contributed by atoms with Crippen LogP contribution in [-0.4, -0.2) is 13.1 Å². The van der Waals surface area contributed by atoms with E-state index in [2.05, 4.69) is 37.9 Å². The second kappa shape index (κ2) is 15.9. The van der Waals surface area contributed by atoms with E-state index in [9.17, 15) is 0 Å². The zero-order valence-corrected chi connectivity index (χ0v) is 5.83.